The third kappa shape index (κ3) is 6.41. The number of hydrogen-bond donors (Lipinski definition) is 1. The van der Waals surface area contributed by atoms with Crippen LogP contribution in [0.25, 0.3) is 0 Å². The van der Waals surface area contributed by atoms with Gasteiger partial charge in [-0.05, 0) is 33.8 Å². The molecule has 150 valence electrons. The van der Waals surface area contributed by atoms with Gasteiger partial charge in [0, 0.05) is 36.7 Å². The van der Waals surface area contributed by atoms with Crippen LogP contribution >= 0.6 is 12.1 Å². The van der Waals surface area contributed by atoms with E-state index in [2.05, 4.69) is 9.46 Å². The minimum Gasteiger partial charge on any atom is -0.483 e. The Kier molecular flexibility index (Phi) is 7.52. The lowest BCUT2D eigenvalue weighted by atomic mass is 10.0. The summed E-state index contributed by atoms with van der Waals surface area (Å²) in [4.78, 5) is 23.5. The van der Waals surface area contributed by atoms with Crippen LogP contribution in [0.1, 0.15) is 39.7 Å². The summed E-state index contributed by atoms with van der Waals surface area (Å²) in [5.74, 6) is 0.425. The Morgan fingerprint density at radius 3 is 2.74 bits per heavy atom. The van der Waals surface area contributed by atoms with Crippen LogP contribution in [-0.2, 0) is 20.7 Å². The topological polar surface area (TPSA) is 77.1 Å². The van der Waals surface area contributed by atoms with Crippen LogP contribution in [-0.4, -0.2) is 48.1 Å². The van der Waals surface area contributed by atoms with Gasteiger partial charge in [0.05, 0.1) is 13.5 Å². The molecule has 0 spiro atoms. The van der Waals surface area contributed by atoms with Gasteiger partial charge < -0.3 is 14.2 Å². The molecule has 8 heteroatoms. The monoisotopic (exact) mass is 396 g/mol. The van der Waals surface area contributed by atoms with Crippen molar-refractivity contribution in [2.45, 2.75) is 52.2 Å². The summed E-state index contributed by atoms with van der Waals surface area (Å²) in [5, 5.41) is 0. The highest BCUT2D eigenvalue weighted by molar-refractivity contribution is 7.95. The number of para-hydroxylation sites is 1. The van der Waals surface area contributed by atoms with Gasteiger partial charge in [0.2, 0.25) is 0 Å². The number of rotatable bonds is 9. The van der Waals surface area contributed by atoms with E-state index < -0.39 is 5.97 Å². The number of nitrogens with zero attached hydrogens (tertiary/aromatic N) is 1. The van der Waals surface area contributed by atoms with Crippen LogP contribution in [0.15, 0.2) is 18.2 Å². The minimum absolute atomic E-state index is 0.0270. The zero-order chi connectivity index (χ0) is 20.0. The highest BCUT2D eigenvalue weighted by Crippen LogP contribution is 2.41. The molecule has 1 aromatic rings. The highest BCUT2D eigenvalue weighted by Gasteiger charge is 2.32. The van der Waals surface area contributed by atoms with Crippen LogP contribution in [0.3, 0.4) is 0 Å². The number of methoxy groups -OCH3 is 1. The molecule has 0 bridgehead atoms. The summed E-state index contributed by atoms with van der Waals surface area (Å²) in [5.41, 5.74) is 0.748. The molecule has 0 unspecified atom stereocenters. The second kappa shape index (κ2) is 9.43. The molecule has 0 fully saturated rings. The van der Waals surface area contributed by atoms with Crippen molar-refractivity contribution in [3.63, 3.8) is 0 Å². The van der Waals surface area contributed by atoms with Gasteiger partial charge in [0.1, 0.15) is 12.1 Å². The van der Waals surface area contributed by atoms with E-state index in [4.69, 9.17) is 9.47 Å². The summed E-state index contributed by atoms with van der Waals surface area (Å²) >= 11 is 1.29. The molecular weight excluding hydrogens is 368 g/mol. The summed E-state index contributed by atoms with van der Waals surface area (Å²) in [6, 6.07) is 5.78. The standard InChI is InChI=1S/C19H28N2O5S/c1-13(2)21(10-9-16(22)24-5)27-20-12-17(23)25-15-8-6-7-14-11-19(3,4)26-18(14)15/h6-8,13,20H,9-12H2,1-5H3. The number of nitrogens with one attached hydrogen (secondary N) is 1. The molecule has 1 aromatic carbocycles. The molecule has 0 amide bonds. The van der Waals surface area contributed by atoms with Gasteiger partial charge in [-0.15, -0.1) is 0 Å². The molecule has 2 rings (SSSR count). The number of fused-ring (bicyclic) bond motifs is 1. The van der Waals surface area contributed by atoms with Gasteiger partial charge in [0.15, 0.2) is 11.5 Å². The minimum atomic E-state index is -0.402. The van der Waals surface area contributed by atoms with E-state index in [-0.39, 0.29) is 30.6 Å². The molecule has 1 aliphatic heterocycles. The third-order valence-electron chi connectivity index (χ3n) is 4.02. The van der Waals surface area contributed by atoms with E-state index in [9.17, 15) is 9.59 Å². The summed E-state index contributed by atoms with van der Waals surface area (Å²) < 4.78 is 21.0. The lowest BCUT2D eigenvalue weighted by Gasteiger charge is -2.24. The van der Waals surface area contributed by atoms with Crippen molar-refractivity contribution in [2.24, 2.45) is 0 Å². The molecule has 0 aromatic heterocycles. The Bertz CT molecular complexity index is 678. The maximum Gasteiger partial charge on any atom is 0.326 e. The van der Waals surface area contributed by atoms with Gasteiger partial charge >= 0.3 is 11.9 Å². The molecule has 7 nitrogen and oxygen atoms in total. The van der Waals surface area contributed by atoms with Crippen molar-refractivity contribution in [1.82, 2.24) is 9.03 Å². The normalized spacial score (nSPS) is 14.8. The molecule has 27 heavy (non-hydrogen) atoms. The number of carbonyl (C=O) groups is 2. The Morgan fingerprint density at radius 2 is 2.07 bits per heavy atom. The predicted molar refractivity (Wildman–Crippen MR) is 105 cm³/mol. The van der Waals surface area contributed by atoms with Crippen LogP contribution in [0, 0.1) is 0 Å². The molecule has 0 radical (unpaired) electrons. The summed E-state index contributed by atoms with van der Waals surface area (Å²) in [6.45, 7) is 8.58. The summed E-state index contributed by atoms with van der Waals surface area (Å²) in [7, 11) is 1.37. The van der Waals surface area contributed by atoms with Crippen LogP contribution < -0.4 is 14.2 Å². The first kappa shape index (κ1) is 21.5. The van der Waals surface area contributed by atoms with Crippen molar-refractivity contribution >= 4 is 24.1 Å². The SMILES string of the molecule is COC(=O)CCN(SNCC(=O)Oc1cccc2c1OC(C)(C)C2)C(C)C. The molecular formula is C19H28N2O5S. The molecule has 1 N–H and O–H groups in total. The van der Waals surface area contributed by atoms with Crippen molar-refractivity contribution in [3.8, 4) is 11.5 Å². The highest BCUT2D eigenvalue weighted by atomic mass is 32.2. The van der Waals surface area contributed by atoms with Gasteiger partial charge in [-0.3, -0.25) is 9.59 Å². The molecule has 0 saturated heterocycles. The second-order valence-electron chi connectivity index (χ2n) is 7.23. The maximum absolute atomic E-state index is 12.2. The molecule has 1 heterocycles. The quantitative estimate of drug-likeness (QED) is 0.388. The average molecular weight is 397 g/mol. The number of esters is 2. The Labute approximate surface area is 165 Å². The van der Waals surface area contributed by atoms with Gasteiger partial charge in [0.25, 0.3) is 0 Å². The first-order valence-electron chi connectivity index (χ1n) is 8.96. The largest absolute Gasteiger partial charge is 0.483 e. The molecule has 1 aliphatic rings. The van der Waals surface area contributed by atoms with Gasteiger partial charge in [-0.25, -0.2) is 9.03 Å². The first-order chi connectivity index (χ1) is 12.7. The Morgan fingerprint density at radius 1 is 1.33 bits per heavy atom. The van der Waals surface area contributed by atoms with E-state index in [1.54, 1.807) is 6.07 Å². The van der Waals surface area contributed by atoms with Crippen LogP contribution in [0.5, 0.6) is 11.5 Å². The van der Waals surface area contributed by atoms with E-state index in [1.807, 2.05) is 44.1 Å². The van der Waals surface area contributed by atoms with Crippen LogP contribution in [0.4, 0.5) is 0 Å². The van der Waals surface area contributed by atoms with Crippen LogP contribution in [0.2, 0.25) is 0 Å². The molecule has 0 aliphatic carbocycles. The zero-order valence-corrected chi connectivity index (χ0v) is 17.4. The van der Waals surface area contributed by atoms with Gasteiger partial charge in [-0.1, -0.05) is 12.1 Å². The van der Waals surface area contributed by atoms with Crippen molar-refractivity contribution < 1.29 is 23.8 Å². The fourth-order valence-electron chi connectivity index (χ4n) is 2.71. The smallest absolute Gasteiger partial charge is 0.326 e. The fourth-order valence-corrected chi connectivity index (χ4v) is 3.45. The van der Waals surface area contributed by atoms with Crippen molar-refractivity contribution in [1.29, 1.82) is 0 Å². The molecule has 0 atom stereocenters. The second-order valence-corrected chi connectivity index (χ2v) is 8.17. The zero-order valence-electron chi connectivity index (χ0n) is 16.5. The van der Waals surface area contributed by atoms with E-state index in [0.29, 0.717) is 18.0 Å². The summed E-state index contributed by atoms with van der Waals surface area (Å²) in [6.07, 6.45) is 1.07. The lowest BCUT2D eigenvalue weighted by Crippen LogP contribution is -2.32. The van der Waals surface area contributed by atoms with E-state index in [0.717, 1.165) is 12.0 Å². The van der Waals surface area contributed by atoms with Gasteiger partial charge in [-0.2, -0.15) is 0 Å². The Balaban J connectivity index is 1.83. The lowest BCUT2D eigenvalue weighted by molar-refractivity contribution is -0.140. The Hall–Kier alpha value is -1.77. The number of hydrogen-bond acceptors (Lipinski definition) is 8. The third-order valence-corrected chi connectivity index (χ3v) is 5.13. The van der Waals surface area contributed by atoms with Crippen molar-refractivity contribution in [2.75, 3.05) is 20.2 Å². The van der Waals surface area contributed by atoms with E-state index in [1.165, 1.54) is 19.2 Å². The number of ether oxygens (including phenoxy) is 3. The maximum atomic E-state index is 12.2. The predicted octanol–water partition coefficient (Wildman–Crippen LogP) is 2.73. The number of benzene rings is 1. The first-order valence-corrected chi connectivity index (χ1v) is 9.74. The molecule has 0 saturated carbocycles. The van der Waals surface area contributed by atoms with Crippen molar-refractivity contribution in [3.05, 3.63) is 23.8 Å². The van der Waals surface area contributed by atoms with E-state index >= 15 is 0 Å². The fraction of sp³-hybridized carbons (Fsp3) is 0.579. The number of carbonyl (C=O) groups excluding carboxylic acids is 2. The average Bonchev–Trinajstić information content (AvgIpc) is 2.92.